The Bertz CT molecular complexity index is 1200. The first-order chi connectivity index (χ1) is 17.9. The molecule has 3 aromatic carbocycles. The average molecular weight is 511 g/mol. The monoisotopic (exact) mass is 510 g/mol. The molecule has 3 nitrogen and oxygen atoms in total. The van der Waals surface area contributed by atoms with E-state index >= 15 is 8.78 Å². The van der Waals surface area contributed by atoms with Gasteiger partial charge >= 0.3 is 0 Å². The van der Waals surface area contributed by atoms with Gasteiger partial charge in [0.2, 0.25) is 0 Å². The summed E-state index contributed by atoms with van der Waals surface area (Å²) < 4.78 is 55.4. The molecule has 1 aliphatic rings. The van der Waals surface area contributed by atoms with Gasteiger partial charge in [0.25, 0.3) is 0 Å². The summed E-state index contributed by atoms with van der Waals surface area (Å²) in [7, 11) is 0. The quantitative estimate of drug-likeness (QED) is 0.222. The highest BCUT2D eigenvalue weighted by molar-refractivity contribution is 5.65. The van der Waals surface area contributed by atoms with E-state index < -0.39 is 17.5 Å². The minimum atomic E-state index is -0.852. The summed E-state index contributed by atoms with van der Waals surface area (Å²) in [5.74, 6) is -1.20. The van der Waals surface area contributed by atoms with Gasteiger partial charge in [-0.05, 0) is 91.8 Å². The van der Waals surface area contributed by atoms with Crippen LogP contribution in [0.1, 0.15) is 56.1 Å². The summed E-state index contributed by atoms with van der Waals surface area (Å²) in [4.78, 5) is 0. The van der Waals surface area contributed by atoms with E-state index in [1.165, 1.54) is 6.07 Å². The van der Waals surface area contributed by atoms with Gasteiger partial charge in [0, 0.05) is 5.56 Å². The van der Waals surface area contributed by atoms with Crippen LogP contribution in [0.2, 0.25) is 0 Å². The van der Waals surface area contributed by atoms with Crippen LogP contribution in [-0.2, 0) is 6.61 Å². The highest BCUT2D eigenvalue weighted by Crippen LogP contribution is 2.40. The lowest BCUT2D eigenvalue weighted by atomic mass is 9.76. The molecule has 1 N–H and O–H groups in total. The van der Waals surface area contributed by atoms with E-state index in [-0.39, 0.29) is 35.9 Å². The van der Waals surface area contributed by atoms with Crippen LogP contribution >= 0.6 is 0 Å². The number of hydrogen-bond donors (Lipinski definition) is 1. The SMILES string of the molecule is C=CCCOc1ccc(COc2ccc(-c3ccc(C4CCC(C(C)O)CC4)c(F)c3F)cc2)cc1F. The van der Waals surface area contributed by atoms with Crippen molar-refractivity contribution in [3.05, 3.63) is 95.8 Å². The first-order valence-electron chi connectivity index (χ1n) is 12.8. The van der Waals surface area contributed by atoms with Crippen LogP contribution in [0, 0.1) is 23.4 Å². The zero-order chi connectivity index (χ0) is 26.4. The molecule has 0 amide bonds. The largest absolute Gasteiger partial charge is 0.490 e. The average Bonchev–Trinajstić information content (AvgIpc) is 2.91. The first kappa shape index (κ1) is 26.8. The van der Waals surface area contributed by atoms with Crippen molar-refractivity contribution >= 4 is 0 Å². The molecule has 1 aliphatic carbocycles. The van der Waals surface area contributed by atoms with Gasteiger partial charge in [0.15, 0.2) is 23.2 Å². The standard InChI is InChI=1S/C31H33F3O3/c1-3-4-17-36-29-16-5-21(18-28(29)32)19-37-25-12-10-24(11-13-25)27-15-14-26(30(33)31(27)34)23-8-6-22(7-9-23)20(2)35/h3,5,10-16,18,20,22-23,35H,1,4,6-9,17,19H2,2H3. The molecular weight excluding hydrogens is 477 g/mol. The molecule has 1 fully saturated rings. The van der Waals surface area contributed by atoms with Crippen LogP contribution in [-0.4, -0.2) is 17.8 Å². The van der Waals surface area contributed by atoms with Gasteiger partial charge in [-0.25, -0.2) is 13.2 Å². The van der Waals surface area contributed by atoms with Gasteiger partial charge in [-0.1, -0.05) is 36.4 Å². The fourth-order valence-electron chi connectivity index (χ4n) is 4.92. The Balaban J connectivity index is 1.38. The molecule has 3 aromatic rings. The maximum absolute atomic E-state index is 15.0. The number of benzene rings is 3. The number of aliphatic hydroxyl groups is 1. The number of halogens is 3. The van der Waals surface area contributed by atoms with Crippen molar-refractivity contribution < 1.29 is 27.8 Å². The first-order valence-corrected chi connectivity index (χ1v) is 12.8. The fourth-order valence-corrected chi connectivity index (χ4v) is 4.92. The highest BCUT2D eigenvalue weighted by atomic mass is 19.2. The maximum Gasteiger partial charge on any atom is 0.166 e. The van der Waals surface area contributed by atoms with Crippen LogP contribution in [0.3, 0.4) is 0 Å². The van der Waals surface area contributed by atoms with Crippen LogP contribution in [0.15, 0.2) is 67.3 Å². The van der Waals surface area contributed by atoms with Gasteiger partial charge in [0.05, 0.1) is 12.7 Å². The van der Waals surface area contributed by atoms with Crippen molar-refractivity contribution in [3.63, 3.8) is 0 Å². The van der Waals surface area contributed by atoms with Crippen LogP contribution in [0.4, 0.5) is 13.2 Å². The van der Waals surface area contributed by atoms with E-state index in [0.717, 1.165) is 25.7 Å². The molecule has 1 unspecified atom stereocenters. The third-order valence-corrected chi connectivity index (χ3v) is 7.15. The van der Waals surface area contributed by atoms with Crippen molar-refractivity contribution in [3.8, 4) is 22.6 Å². The third kappa shape index (κ3) is 6.55. The normalized spacial score (nSPS) is 18.3. The van der Waals surface area contributed by atoms with E-state index in [0.29, 0.717) is 35.5 Å². The molecule has 1 saturated carbocycles. The van der Waals surface area contributed by atoms with Gasteiger partial charge < -0.3 is 14.6 Å². The predicted octanol–water partition coefficient (Wildman–Crippen LogP) is 7.96. The van der Waals surface area contributed by atoms with Gasteiger partial charge in [-0.15, -0.1) is 6.58 Å². The Morgan fingerprint density at radius 2 is 1.68 bits per heavy atom. The minimum absolute atomic E-state index is 0.0352. The van der Waals surface area contributed by atoms with Crippen molar-refractivity contribution in [2.45, 2.75) is 57.7 Å². The van der Waals surface area contributed by atoms with E-state index in [9.17, 15) is 9.50 Å². The molecule has 0 bridgehead atoms. The summed E-state index contributed by atoms with van der Waals surface area (Å²) in [6, 6.07) is 14.7. The number of rotatable bonds is 10. The van der Waals surface area contributed by atoms with Crippen LogP contribution < -0.4 is 9.47 Å². The molecule has 0 saturated heterocycles. The van der Waals surface area contributed by atoms with Crippen molar-refractivity contribution in [2.75, 3.05) is 6.61 Å². The molecule has 196 valence electrons. The molecule has 0 spiro atoms. The molecule has 4 rings (SSSR count). The van der Waals surface area contributed by atoms with Crippen LogP contribution in [0.25, 0.3) is 11.1 Å². The maximum atomic E-state index is 15.0. The van der Waals surface area contributed by atoms with Gasteiger partial charge in [-0.3, -0.25) is 0 Å². The number of aliphatic hydroxyl groups excluding tert-OH is 1. The van der Waals surface area contributed by atoms with E-state index in [1.54, 1.807) is 61.5 Å². The van der Waals surface area contributed by atoms with Gasteiger partial charge in [0.1, 0.15) is 12.4 Å². The zero-order valence-electron chi connectivity index (χ0n) is 21.1. The summed E-state index contributed by atoms with van der Waals surface area (Å²) in [5.41, 5.74) is 1.79. The molecule has 0 radical (unpaired) electrons. The second-order valence-corrected chi connectivity index (χ2v) is 9.69. The fraction of sp³-hybridized carbons (Fsp3) is 0.355. The molecular formula is C31H33F3O3. The van der Waals surface area contributed by atoms with Gasteiger partial charge in [-0.2, -0.15) is 0 Å². The lowest BCUT2D eigenvalue weighted by molar-refractivity contribution is 0.0964. The summed E-state index contributed by atoms with van der Waals surface area (Å²) in [6.45, 7) is 5.91. The third-order valence-electron chi connectivity index (χ3n) is 7.15. The molecule has 1 atom stereocenters. The Morgan fingerprint density at radius 3 is 2.32 bits per heavy atom. The zero-order valence-corrected chi connectivity index (χ0v) is 21.1. The molecule has 0 aliphatic heterocycles. The lowest BCUT2D eigenvalue weighted by Crippen LogP contribution is -2.23. The predicted molar refractivity (Wildman–Crippen MR) is 139 cm³/mol. The van der Waals surface area contributed by atoms with E-state index in [2.05, 4.69) is 6.58 Å². The Hall–Kier alpha value is -3.25. The Labute approximate surface area is 216 Å². The topological polar surface area (TPSA) is 38.7 Å². The molecule has 0 aromatic heterocycles. The minimum Gasteiger partial charge on any atom is -0.490 e. The summed E-state index contributed by atoms with van der Waals surface area (Å²) in [6.07, 6.45) is 5.08. The smallest absolute Gasteiger partial charge is 0.166 e. The van der Waals surface area contributed by atoms with Crippen molar-refractivity contribution in [2.24, 2.45) is 5.92 Å². The second-order valence-electron chi connectivity index (χ2n) is 9.69. The molecule has 37 heavy (non-hydrogen) atoms. The Morgan fingerprint density at radius 1 is 0.946 bits per heavy atom. The highest BCUT2D eigenvalue weighted by Gasteiger charge is 2.28. The summed E-state index contributed by atoms with van der Waals surface area (Å²) >= 11 is 0. The second kappa shape index (κ2) is 12.3. The summed E-state index contributed by atoms with van der Waals surface area (Å²) in [5, 5.41) is 9.80. The van der Waals surface area contributed by atoms with E-state index in [1.807, 2.05) is 0 Å². The van der Waals surface area contributed by atoms with E-state index in [4.69, 9.17) is 9.47 Å². The van der Waals surface area contributed by atoms with Crippen LogP contribution in [0.5, 0.6) is 11.5 Å². The Kier molecular flexibility index (Phi) is 8.93. The number of ether oxygens (including phenoxy) is 2. The molecule has 0 heterocycles. The van der Waals surface area contributed by atoms with Crippen molar-refractivity contribution in [1.29, 1.82) is 0 Å². The number of hydrogen-bond acceptors (Lipinski definition) is 3. The lowest BCUT2D eigenvalue weighted by Gasteiger charge is -2.30. The van der Waals surface area contributed by atoms with Crippen molar-refractivity contribution in [1.82, 2.24) is 0 Å². The molecule has 6 heteroatoms.